The van der Waals surface area contributed by atoms with Crippen LogP contribution < -0.4 is 15.4 Å². The highest BCUT2D eigenvalue weighted by Gasteiger charge is 2.10. The maximum atomic E-state index is 13.2. The molecule has 0 saturated carbocycles. The molecule has 132 valence electrons. The molecule has 0 bridgehead atoms. The molecule has 0 aliphatic rings. The fraction of sp³-hybridized carbons (Fsp3) is 0.0526. The number of nitrogens with one attached hydrogen (secondary N) is 2. The summed E-state index contributed by atoms with van der Waals surface area (Å²) >= 11 is 0. The van der Waals surface area contributed by atoms with Crippen LogP contribution in [0, 0.1) is 11.6 Å². The van der Waals surface area contributed by atoms with E-state index in [0.717, 1.165) is 23.6 Å². The first-order valence-corrected chi connectivity index (χ1v) is 7.69. The number of rotatable bonds is 5. The number of anilines is 3. The first-order valence-electron chi connectivity index (χ1n) is 7.69. The van der Waals surface area contributed by atoms with E-state index in [4.69, 9.17) is 4.74 Å². The summed E-state index contributed by atoms with van der Waals surface area (Å²) in [4.78, 5) is 16.3. The first kappa shape index (κ1) is 17.3. The lowest BCUT2D eigenvalue weighted by molar-refractivity contribution is 0.102. The predicted octanol–water partition coefficient (Wildman–Crippen LogP) is 4.36. The molecule has 0 atom stereocenters. The number of carbonyl (C=O) groups excluding carboxylic acids is 1. The summed E-state index contributed by atoms with van der Waals surface area (Å²) < 4.78 is 31.3. The number of nitrogens with zero attached hydrogens (tertiary/aromatic N) is 1. The third-order valence-corrected chi connectivity index (χ3v) is 3.55. The number of amides is 1. The Morgan fingerprint density at radius 3 is 2.35 bits per heavy atom. The molecule has 3 aromatic rings. The molecule has 0 unspecified atom stereocenters. The van der Waals surface area contributed by atoms with Gasteiger partial charge in [-0.05, 0) is 48.5 Å². The molecule has 5 nitrogen and oxygen atoms in total. The second-order valence-electron chi connectivity index (χ2n) is 5.37. The van der Waals surface area contributed by atoms with Crippen molar-refractivity contribution in [1.82, 2.24) is 4.98 Å². The third kappa shape index (κ3) is 4.13. The number of methoxy groups -OCH3 is 1. The van der Waals surface area contributed by atoms with E-state index in [-0.39, 0.29) is 11.4 Å². The lowest BCUT2D eigenvalue weighted by Crippen LogP contribution is -2.14. The number of hydrogen-bond donors (Lipinski definition) is 2. The predicted molar refractivity (Wildman–Crippen MR) is 94.8 cm³/mol. The minimum atomic E-state index is -1.04. The Labute approximate surface area is 148 Å². The van der Waals surface area contributed by atoms with Gasteiger partial charge in [-0.1, -0.05) is 0 Å². The molecule has 1 heterocycles. The van der Waals surface area contributed by atoms with Gasteiger partial charge in [-0.25, -0.2) is 8.78 Å². The molecule has 26 heavy (non-hydrogen) atoms. The molecule has 0 radical (unpaired) electrons. The summed E-state index contributed by atoms with van der Waals surface area (Å²) in [6.45, 7) is 0. The van der Waals surface area contributed by atoms with Crippen LogP contribution in [0.5, 0.6) is 5.75 Å². The van der Waals surface area contributed by atoms with Crippen molar-refractivity contribution in [3.63, 3.8) is 0 Å². The zero-order valence-electron chi connectivity index (χ0n) is 13.8. The number of ether oxygens (including phenoxy) is 1. The van der Waals surface area contributed by atoms with E-state index >= 15 is 0 Å². The van der Waals surface area contributed by atoms with E-state index in [1.165, 1.54) is 12.3 Å². The average molecular weight is 355 g/mol. The minimum Gasteiger partial charge on any atom is -0.497 e. The molecule has 0 aliphatic heterocycles. The van der Waals surface area contributed by atoms with E-state index < -0.39 is 17.5 Å². The number of aromatic nitrogens is 1. The Balaban J connectivity index is 1.73. The summed E-state index contributed by atoms with van der Waals surface area (Å²) in [5, 5.41) is 5.63. The highest BCUT2D eigenvalue weighted by atomic mass is 19.2. The Kier molecular flexibility index (Phi) is 5.07. The van der Waals surface area contributed by atoms with Gasteiger partial charge in [0, 0.05) is 29.3 Å². The molecule has 3 rings (SSSR count). The van der Waals surface area contributed by atoms with Crippen LogP contribution in [0.1, 0.15) is 10.5 Å². The van der Waals surface area contributed by atoms with Crippen LogP contribution in [0.2, 0.25) is 0 Å². The molecule has 0 fully saturated rings. The number of pyridine rings is 1. The zero-order valence-corrected chi connectivity index (χ0v) is 13.8. The lowest BCUT2D eigenvalue weighted by atomic mass is 10.2. The highest BCUT2D eigenvalue weighted by Crippen LogP contribution is 2.20. The Morgan fingerprint density at radius 2 is 1.65 bits per heavy atom. The SMILES string of the molecule is COc1ccc(Nc2ccnc(C(=O)Nc3ccc(F)c(F)c3)c2)cc1. The molecule has 1 amide bonds. The van der Waals surface area contributed by atoms with Gasteiger partial charge in [0.05, 0.1) is 7.11 Å². The average Bonchev–Trinajstić information content (AvgIpc) is 2.65. The maximum absolute atomic E-state index is 13.2. The number of halogens is 2. The Morgan fingerprint density at radius 1 is 0.923 bits per heavy atom. The van der Waals surface area contributed by atoms with Crippen LogP contribution in [0.15, 0.2) is 60.8 Å². The van der Waals surface area contributed by atoms with Crippen molar-refractivity contribution >= 4 is 23.0 Å². The quantitative estimate of drug-likeness (QED) is 0.714. The van der Waals surface area contributed by atoms with Crippen LogP contribution in [0.3, 0.4) is 0 Å². The van der Waals surface area contributed by atoms with E-state index in [1.807, 2.05) is 12.1 Å². The molecule has 2 aromatic carbocycles. The second kappa shape index (κ2) is 7.60. The smallest absolute Gasteiger partial charge is 0.274 e. The fourth-order valence-electron chi connectivity index (χ4n) is 2.24. The molecule has 1 aromatic heterocycles. The minimum absolute atomic E-state index is 0.133. The van der Waals surface area contributed by atoms with Gasteiger partial charge in [0.15, 0.2) is 11.6 Å². The lowest BCUT2D eigenvalue weighted by Gasteiger charge is -2.09. The number of benzene rings is 2. The third-order valence-electron chi connectivity index (χ3n) is 3.55. The summed E-state index contributed by atoms with van der Waals surface area (Å²) in [5.41, 5.74) is 1.74. The van der Waals surface area contributed by atoms with Crippen LogP contribution in [-0.4, -0.2) is 18.0 Å². The van der Waals surface area contributed by atoms with Crippen LogP contribution in [0.25, 0.3) is 0 Å². The Hall–Kier alpha value is -3.48. The van der Waals surface area contributed by atoms with E-state index in [9.17, 15) is 13.6 Å². The van der Waals surface area contributed by atoms with Crippen molar-refractivity contribution in [2.75, 3.05) is 17.7 Å². The van der Waals surface area contributed by atoms with Crippen molar-refractivity contribution in [2.24, 2.45) is 0 Å². The Bertz CT molecular complexity index is 930. The van der Waals surface area contributed by atoms with Gasteiger partial charge in [0.25, 0.3) is 5.91 Å². The van der Waals surface area contributed by atoms with E-state index in [0.29, 0.717) is 5.69 Å². The fourth-order valence-corrected chi connectivity index (χ4v) is 2.24. The topological polar surface area (TPSA) is 63.2 Å². The monoisotopic (exact) mass is 355 g/mol. The molecule has 0 saturated heterocycles. The van der Waals surface area contributed by atoms with Gasteiger partial charge < -0.3 is 15.4 Å². The molecular formula is C19H15F2N3O2. The summed E-state index contributed by atoms with van der Waals surface area (Å²) in [5.74, 6) is -1.82. The van der Waals surface area contributed by atoms with Gasteiger partial charge in [0.2, 0.25) is 0 Å². The van der Waals surface area contributed by atoms with Gasteiger partial charge in [0.1, 0.15) is 11.4 Å². The van der Waals surface area contributed by atoms with Gasteiger partial charge in [-0.15, -0.1) is 0 Å². The number of hydrogen-bond acceptors (Lipinski definition) is 4. The van der Waals surface area contributed by atoms with Gasteiger partial charge in [-0.3, -0.25) is 9.78 Å². The standard InChI is InChI=1S/C19H15F2N3O2/c1-26-15-5-2-12(3-6-15)23-14-8-9-22-18(11-14)19(25)24-13-4-7-16(20)17(21)10-13/h2-11H,1H3,(H,22,23)(H,24,25). The summed E-state index contributed by atoms with van der Waals surface area (Å²) in [6, 6.07) is 13.7. The van der Waals surface area contributed by atoms with E-state index in [1.54, 1.807) is 31.4 Å². The first-order chi connectivity index (χ1) is 12.5. The van der Waals surface area contributed by atoms with Crippen molar-refractivity contribution in [1.29, 1.82) is 0 Å². The van der Waals surface area contributed by atoms with E-state index in [2.05, 4.69) is 15.6 Å². The van der Waals surface area contributed by atoms with Crippen molar-refractivity contribution in [3.05, 3.63) is 78.1 Å². The largest absolute Gasteiger partial charge is 0.497 e. The van der Waals surface area contributed by atoms with Crippen molar-refractivity contribution in [3.8, 4) is 5.75 Å². The second-order valence-corrected chi connectivity index (χ2v) is 5.37. The molecular weight excluding hydrogens is 340 g/mol. The molecule has 7 heteroatoms. The van der Waals surface area contributed by atoms with Crippen LogP contribution >= 0.6 is 0 Å². The summed E-state index contributed by atoms with van der Waals surface area (Å²) in [6.07, 6.45) is 1.48. The van der Waals surface area contributed by atoms with Crippen molar-refractivity contribution in [2.45, 2.75) is 0 Å². The molecule has 0 aliphatic carbocycles. The summed E-state index contributed by atoms with van der Waals surface area (Å²) in [7, 11) is 1.59. The van der Waals surface area contributed by atoms with Gasteiger partial charge >= 0.3 is 0 Å². The molecule has 0 spiro atoms. The van der Waals surface area contributed by atoms with Crippen molar-refractivity contribution < 1.29 is 18.3 Å². The zero-order chi connectivity index (χ0) is 18.5. The normalized spacial score (nSPS) is 10.3. The van der Waals surface area contributed by atoms with Gasteiger partial charge in [-0.2, -0.15) is 0 Å². The van der Waals surface area contributed by atoms with Crippen LogP contribution in [0.4, 0.5) is 25.8 Å². The number of carbonyl (C=O) groups is 1. The molecule has 2 N–H and O–H groups in total. The maximum Gasteiger partial charge on any atom is 0.274 e. The highest BCUT2D eigenvalue weighted by molar-refractivity contribution is 6.03. The van der Waals surface area contributed by atoms with Crippen LogP contribution in [-0.2, 0) is 0 Å².